The summed E-state index contributed by atoms with van der Waals surface area (Å²) in [6.07, 6.45) is 0.460. The molecule has 0 radical (unpaired) electrons. The fourth-order valence-electron chi connectivity index (χ4n) is 3.13. The number of fused-ring (bicyclic) bond motifs is 2. The maximum Gasteiger partial charge on any atom is 0.231 e. The lowest BCUT2D eigenvalue weighted by atomic mass is 10.1. The van der Waals surface area contributed by atoms with Crippen LogP contribution in [0.1, 0.15) is 13.8 Å². The van der Waals surface area contributed by atoms with Gasteiger partial charge >= 0.3 is 0 Å². The van der Waals surface area contributed by atoms with E-state index in [2.05, 4.69) is 29.2 Å². The summed E-state index contributed by atoms with van der Waals surface area (Å²) in [5, 5.41) is 3.00. The number of aromatic nitrogens is 1. The van der Waals surface area contributed by atoms with Gasteiger partial charge in [-0.1, -0.05) is 37.3 Å². The van der Waals surface area contributed by atoms with Gasteiger partial charge in [0, 0.05) is 17.0 Å². The van der Waals surface area contributed by atoms with Crippen LogP contribution in [0.3, 0.4) is 0 Å². The van der Waals surface area contributed by atoms with Gasteiger partial charge in [0.25, 0.3) is 0 Å². The van der Waals surface area contributed by atoms with Crippen molar-refractivity contribution in [3.05, 3.63) is 60.7 Å². The second-order valence-electron chi connectivity index (χ2n) is 6.14. The summed E-state index contributed by atoms with van der Waals surface area (Å²) in [7, 11) is -2.83. The average molecular weight is 365 g/mol. The number of oxazole rings is 1. The molecule has 1 aromatic heterocycles. The van der Waals surface area contributed by atoms with Crippen LogP contribution in [0.15, 0.2) is 65.1 Å². The fourth-order valence-corrected chi connectivity index (χ4v) is 4.87. The topological polar surface area (TPSA) is 52.3 Å². The second-order valence-corrected chi connectivity index (χ2v) is 8.89. The summed E-state index contributed by atoms with van der Waals surface area (Å²) >= 11 is 0. The Hall–Kier alpha value is -2.42. The van der Waals surface area contributed by atoms with Crippen molar-refractivity contribution in [2.24, 2.45) is 0 Å². The molecular formula is C21H20NO3P. The average Bonchev–Trinajstić information content (AvgIpc) is 3.11. The Morgan fingerprint density at radius 2 is 1.81 bits per heavy atom. The van der Waals surface area contributed by atoms with Crippen LogP contribution in [0.2, 0.25) is 0 Å². The molecule has 0 amide bonds. The molecule has 0 saturated heterocycles. The highest BCUT2D eigenvalue weighted by atomic mass is 31.2. The molecular weight excluding hydrogens is 345 g/mol. The normalized spacial score (nSPS) is 13.9. The lowest BCUT2D eigenvalue weighted by molar-refractivity contribution is 0.341. The molecule has 0 saturated carbocycles. The van der Waals surface area contributed by atoms with E-state index in [0.717, 1.165) is 10.9 Å². The highest BCUT2D eigenvalue weighted by Crippen LogP contribution is 2.45. The molecule has 26 heavy (non-hydrogen) atoms. The van der Waals surface area contributed by atoms with E-state index < -0.39 is 7.37 Å². The molecule has 0 N–H and O–H groups in total. The van der Waals surface area contributed by atoms with E-state index in [4.69, 9.17) is 8.94 Å². The van der Waals surface area contributed by atoms with Crippen molar-refractivity contribution in [2.45, 2.75) is 13.8 Å². The minimum Gasteiger partial charge on any atom is -0.436 e. The van der Waals surface area contributed by atoms with Crippen LogP contribution in [-0.4, -0.2) is 17.8 Å². The van der Waals surface area contributed by atoms with Gasteiger partial charge in [-0.2, -0.15) is 0 Å². The molecule has 0 spiro atoms. The molecule has 1 unspecified atom stereocenters. The Kier molecular flexibility index (Phi) is 4.39. The van der Waals surface area contributed by atoms with Crippen LogP contribution < -0.4 is 5.30 Å². The van der Waals surface area contributed by atoms with Crippen molar-refractivity contribution in [1.29, 1.82) is 0 Å². The summed E-state index contributed by atoms with van der Waals surface area (Å²) in [6.45, 7) is 4.16. The highest BCUT2D eigenvalue weighted by Gasteiger charge is 2.24. The van der Waals surface area contributed by atoms with Gasteiger partial charge in [0.2, 0.25) is 13.3 Å². The largest absolute Gasteiger partial charge is 0.436 e. The van der Waals surface area contributed by atoms with Crippen molar-refractivity contribution < 1.29 is 13.5 Å². The Labute approximate surface area is 152 Å². The van der Waals surface area contributed by atoms with Crippen LogP contribution in [0.4, 0.5) is 0 Å². The summed E-state index contributed by atoms with van der Waals surface area (Å²) in [6, 6.07) is 19.8. The third-order valence-electron chi connectivity index (χ3n) is 4.51. The number of nitrogens with zero attached hydrogens (tertiary/aromatic N) is 1. The predicted octanol–water partition coefficient (Wildman–Crippen LogP) is 5.61. The molecule has 0 aliphatic carbocycles. The molecule has 0 aliphatic heterocycles. The maximum absolute atomic E-state index is 13.0. The molecule has 1 atom stereocenters. The van der Waals surface area contributed by atoms with Gasteiger partial charge < -0.3 is 8.94 Å². The van der Waals surface area contributed by atoms with Crippen LogP contribution in [0.5, 0.6) is 0 Å². The molecule has 4 nitrogen and oxygen atoms in total. The summed E-state index contributed by atoms with van der Waals surface area (Å²) in [5.41, 5.74) is 2.29. The monoisotopic (exact) mass is 365 g/mol. The van der Waals surface area contributed by atoms with Gasteiger partial charge in [0.15, 0.2) is 5.58 Å². The van der Waals surface area contributed by atoms with Gasteiger partial charge in [-0.15, -0.1) is 0 Å². The van der Waals surface area contributed by atoms with Crippen LogP contribution >= 0.6 is 7.37 Å². The summed E-state index contributed by atoms with van der Waals surface area (Å²) in [5.74, 6) is 0.561. The Balaban J connectivity index is 1.78. The van der Waals surface area contributed by atoms with E-state index in [1.165, 1.54) is 5.39 Å². The molecule has 3 aromatic carbocycles. The van der Waals surface area contributed by atoms with Gasteiger partial charge in [-0.05, 0) is 48.0 Å². The second kappa shape index (κ2) is 6.71. The number of benzene rings is 3. The van der Waals surface area contributed by atoms with Gasteiger partial charge in [0.1, 0.15) is 5.52 Å². The van der Waals surface area contributed by atoms with Gasteiger partial charge in [0.05, 0.1) is 6.61 Å². The van der Waals surface area contributed by atoms with E-state index in [0.29, 0.717) is 35.1 Å². The zero-order chi connectivity index (χ0) is 18.1. The lowest BCUT2D eigenvalue weighted by Crippen LogP contribution is -2.09. The molecule has 5 heteroatoms. The first kappa shape index (κ1) is 17.0. The number of hydrogen-bond acceptors (Lipinski definition) is 4. The van der Waals surface area contributed by atoms with Crippen molar-refractivity contribution in [1.82, 2.24) is 4.98 Å². The third kappa shape index (κ3) is 2.96. The van der Waals surface area contributed by atoms with Crippen LogP contribution in [-0.2, 0) is 9.09 Å². The van der Waals surface area contributed by atoms with Crippen molar-refractivity contribution >= 4 is 34.5 Å². The first-order valence-electron chi connectivity index (χ1n) is 8.77. The third-order valence-corrected chi connectivity index (χ3v) is 7.09. The molecule has 0 bridgehead atoms. The maximum atomic E-state index is 13.0. The van der Waals surface area contributed by atoms with Gasteiger partial charge in [-0.3, -0.25) is 4.57 Å². The van der Waals surface area contributed by atoms with Crippen molar-refractivity contribution in [2.75, 3.05) is 12.8 Å². The first-order valence-corrected chi connectivity index (χ1v) is 10.6. The van der Waals surface area contributed by atoms with Crippen LogP contribution in [0, 0.1) is 0 Å². The van der Waals surface area contributed by atoms with E-state index >= 15 is 0 Å². The standard InChI is InChI=1S/C21H20NO3P/c1-3-24-26(23,4-2)18-11-12-20-19(14-18)22-21(25-20)17-10-9-15-7-5-6-8-16(15)13-17/h5-14H,3-4H2,1-2H3. The Morgan fingerprint density at radius 1 is 1.00 bits per heavy atom. The molecule has 0 aliphatic rings. The Morgan fingerprint density at radius 3 is 2.58 bits per heavy atom. The SMILES string of the molecule is CCOP(=O)(CC)c1ccc2oc(-c3ccc4ccccc4c3)nc2c1. The molecule has 132 valence electrons. The highest BCUT2D eigenvalue weighted by molar-refractivity contribution is 7.66. The molecule has 1 heterocycles. The smallest absolute Gasteiger partial charge is 0.231 e. The molecule has 4 rings (SSSR count). The zero-order valence-electron chi connectivity index (χ0n) is 14.8. The predicted molar refractivity (Wildman–Crippen MR) is 106 cm³/mol. The van der Waals surface area contributed by atoms with Crippen LogP contribution in [0.25, 0.3) is 33.3 Å². The van der Waals surface area contributed by atoms with E-state index in [1.54, 1.807) is 0 Å². The van der Waals surface area contributed by atoms with E-state index in [-0.39, 0.29) is 0 Å². The van der Waals surface area contributed by atoms with Crippen molar-refractivity contribution in [3.63, 3.8) is 0 Å². The minimum atomic E-state index is -2.83. The fraction of sp³-hybridized carbons (Fsp3) is 0.190. The number of rotatable bonds is 5. The summed E-state index contributed by atoms with van der Waals surface area (Å²) in [4.78, 5) is 4.62. The van der Waals surface area contributed by atoms with E-state index in [9.17, 15) is 4.57 Å². The van der Waals surface area contributed by atoms with E-state index in [1.807, 2.05) is 50.2 Å². The Bertz CT molecular complexity index is 1130. The molecule has 0 fully saturated rings. The molecule has 4 aromatic rings. The lowest BCUT2D eigenvalue weighted by Gasteiger charge is -2.15. The quantitative estimate of drug-likeness (QED) is 0.432. The number of hydrogen-bond donors (Lipinski definition) is 0. The summed E-state index contributed by atoms with van der Waals surface area (Å²) < 4.78 is 24.4. The minimum absolute atomic E-state index is 0.421. The first-order chi connectivity index (χ1) is 12.6. The van der Waals surface area contributed by atoms with Gasteiger partial charge in [-0.25, -0.2) is 4.98 Å². The van der Waals surface area contributed by atoms with Crippen molar-refractivity contribution in [3.8, 4) is 11.5 Å². The zero-order valence-corrected chi connectivity index (χ0v) is 15.7.